The van der Waals surface area contributed by atoms with Crippen LogP contribution in [0.1, 0.15) is 5.56 Å². The van der Waals surface area contributed by atoms with E-state index in [2.05, 4.69) is 11.6 Å². The summed E-state index contributed by atoms with van der Waals surface area (Å²) < 4.78 is 37.4. The number of amidine groups is 1. The van der Waals surface area contributed by atoms with Crippen molar-refractivity contribution in [2.45, 2.75) is 17.7 Å². The summed E-state index contributed by atoms with van der Waals surface area (Å²) in [6.45, 7) is 4.07. The molecule has 2 aliphatic rings. The molecule has 0 saturated carbocycles. The summed E-state index contributed by atoms with van der Waals surface area (Å²) in [6, 6.07) is 4.02. The standard InChI is InChI=1S/C16H16ClFN2O3S2/c1-2-6-20-13-8-25(22,23)9-14(13)24-16(20)19-15(21)7-10-11(17)4-3-5-12(10)18/h2-5,13-14H,1,6-9H2/t13-,14-/m1/s1. The lowest BCUT2D eigenvalue weighted by Crippen LogP contribution is -2.37. The molecule has 2 heterocycles. The number of hydrogen-bond acceptors (Lipinski definition) is 4. The smallest absolute Gasteiger partial charge is 0.252 e. The van der Waals surface area contributed by atoms with Gasteiger partial charge in [0.05, 0.1) is 24.0 Å². The summed E-state index contributed by atoms with van der Waals surface area (Å²) in [7, 11) is -3.07. The van der Waals surface area contributed by atoms with Crippen molar-refractivity contribution in [1.82, 2.24) is 4.90 Å². The van der Waals surface area contributed by atoms with E-state index in [0.717, 1.165) is 0 Å². The molecule has 1 amide bonds. The minimum Gasteiger partial charge on any atom is -0.342 e. The van der Waals surface area contributed by atoms with Crippen molar-refractivity contribution >= 4 is 44.3 Å². The lowest BCUT2D eigenvalue weighted by molar-refractivity contribution is -0.117. The molecule has 2 fully saturated rings. The monoisotopic (exact) mass is 402 g/mol. The van der Waals surface area contributed by atoms with Crippen LogP contribution in [0.5, 0.6) is 0 Å². The number of thioether (sulfide) groups is 1. The van der Waals surface area contributed by atoms with Crippen LogP contribution in [-0.2, 0) is 21.1 Å². The molecule has 3 rings (SSSR count). The van der Waals surface area contributed by atoms with Crippen LogP contribution in [-0.4, -0.2) is 53.7 Å². The van der Waals surface area contributed by atoms with Gasteiger partial charge in [0.15, 0.2) is 15.0 Å². The van der Waals surface area contributed by atoms with Crippen molar-refractivity contribution in [3.8, 4) is 0 Å². The van der Waals surface area contributed by atoms with Crippen LogP contribution in [0, 0.1) is 5.82 Å². The third-order valence-electron chi connectivity index (χ3n) is 4.11. The van der Waals surface area contributed by atoms with Crippen molar-refractivity contribution in [2.24, 2.45) is 4.99 Å². The molecule has 0 spiro atoms. The van der Waals surface area contributed by atoms with Gasteiger partial charge in [-0.05, 0) is 12.1 Å². The number of benzene rings is 1. The molecule has 0 radical (unpaired) electrons. The lowest BCUT2D eigenvalue weighted by atomic mass is 10.1. The highest BCUT2D eigenvalue weighted by Crippen LogP contribution is 2.38. The number of aliphatic imine (C=N–C) groups is 1. The van der Waals surface area contributed by atoms with Gasteiger partial charge >= 0.3 is 0 Å². The maximum atomic E-state index is 13.8. The Morgan fingerprint density at radius 1 is 1.48 bits per heavy atom. The van der Waals surface area contributed by atoms with Crippen LogP contribution >= 0.6 is 23.4 Å². The van der Waals surface area contributed by atoms with Crippen LogP contribution < -0.4 is 0 Å². The first kappa shape index (κ1) is 18.4. The summed E-state index contributed by atoms with van der Waals surface area (Å²) in [5.74, 6) is -0.954. The van der Waals surface area contributed by atoms with Gasteiger partial charge in [-0.3, -0.25) is 4.79 Å². The Morgan fingerprint density at radius 2 is 2.24 bits per heavy atom. The molecule has 1 aromatic rings. The second-order valence-electron chi connectivity index (χ2n) is 5.91. The Hall–Kier alpha value is -1.38. The molecule has 1 aromatic carbocycles. The van der Waals surface area contributed by atoms with Crippen LogP contribution in [0.25, 0.3) is 0 Å². The van der Waals surface area contributed by atoms with E-state index < -0.39 is 21.6 Å². The average Bonchev–Trinajstić information content (AvgIpc) is 2.96. The zero-order valence-electron chi connectivity index (χ0n) is 13.2. The number of rotatable bonds is 4. The second-order valence-corrected chi connectivity index (χ2v) is 9.67. The molecule has 25 heavy (non-hydrogen) atoms. The maximum Gasteiger partial charge on any atom is 0.252 e. The zero-order valence-corrected chi connectivity index (χ0v) is 15.6. The number of nitrogens with zero attached hydrogens (tertiary/aromatic N) is 2. The number of amides is 1. The number of hydrogen-bond donors (Lipinski definition) is 0. The van der Waals surface area contributed by atoms with Gasteiger partial charge in [0, 0.05) is 22.4 Å². The van der Waals surface area contributed by atoms with Crippen LogP contribution in [0.3, 0.4) is 0 Å². The minimum absolute atomic E-state index is 0.0465. The van der Waals surface area contributed by atoms with Gasteiger partial charge in [0.25, 0.3) is 5.91 Å². The van der Waals surface area contributed by atoms with E-state index in [9.17, 15) is 17.6 Å². The second kappa shape index (κ2) is 7.09. The molecule has 5 nitrogen and oxygen atoms in total. The van der Waals surface area contributed by atoms with E-state index in [1.165, 1.54) is 30.0 Å². The van der Waals surface area contributed by atoms with E-state index in [0.29, 0.717) is 11.7 Å². The fourth-order valence-corrected chi connectivity index (χ4v) is 7.19. The quantitative estimate of drug-likeness (QED) is 0.723. The van der Waals surface area contributed by atoms with E-state index in [4.69, 9.17) is 11.6 Å². The van der Waals surface area contributed by atoms with E-state index in [1.54, 1.807) is 11.0 Å². The Morgan fingerprint density at radius 3 is 2.92 bits per heavy atom. The molecule has 0 aliphatic carbocycles. The van der Waals surface area contributed by atoms with E-state index in [1.807, 2.05) is 0 Å². The van der Waals surface area contributed by atoms with E-state index >= 15 is 0 Å². The summed E-state index contributed by atoms with van der Waals surface area (Å²) in [4.78, 5) is 18.1. The molecule has 134 valence electrons. The molecule has 0 N–H and O–H groups in total. The molecule has 0 bridgehead atoms. The van der Waals surface area contributed by atoms with Crippen molar-refractivity contribution in [2.75, 3.05) is 18.1 Å². The molecular formula is C16H16ClFN2O3S2. The van der Waals surface area contributed by atoms with Gasteiger partial charge in [-0.25, -0.2) is 12.8 Å². The Balaban J connectivity index is 1.80. The summed E-state index contributed by atoms with van der Waals surface area (Å²) in [5.41, 5.74) is 0.111. The van der Waals surface area contributed by atoms with Gasteiger partial charge < -0.3 is 4.90 Å². The number of halogens is 2. The number of carbonyl (C=O) groups is 1. The normalized spacial score (nSPS) is 26.0. The SMILES string of the molecule is C=CCN1C(=NC(=O)Cc2c(F)cccc2Cl)S[C@@H]2CS(=O)(=O)C[C@H]21. The Labute approximate surface area is 154 Å². The van der Waals surface area contributed by atoms with Gasteiger partial charge in [0.2, 0.25) is 0 Å². The lowest BCUT2D eigenvalue weighted by Gasteiger charge is -2.22. The van der Waals surface area contributed by atoms with Gasteiger partial charge in [-0.2, -0.15) is 4.99 Å². The van der Waals surface area contributed by atoms with Crippen LogP contribution in [0.2, 0.25) is 5.02 Å². The fraction of sp³-hybridized carbons (Fsp3) is 0.375. The fourth-order valence-electron chi connectivity index (χ4n) is 2.99. The first-order chi connectivity index (χ1) is 11.8. The first-order valence-corrected chi connectivity index (χ1v) is 10.7. The zero-order chi connectivity index (χ0) is 18.2. The third-order valence-corrected chi connectivity index (χ3v) is 7.71. The maximum absolute atomic E-state index is 13.8. The number of sulfone groups is 1. The molecule has 2 saturated heterocycles. The average molecular weight is 403 g/mol. The van der Waals surface area contributed by atoms with Crippen molar-refractivity contribution in [3.05, 3.63) is 47.3 Å². The highest BCUT2D eigenvalue weighted by atomic mass is 35.5. The van der Waals surface area contributed by atoms with Crippen LogP contribution in [0.4, 0.5) is 4.39 Å². The largest absolute Gasteiger partial charge is 0.342 e. The number of fused-ring (bicyclic) bond motifs is 1. The molecule has 2 atom stereocenters. The van der Waals surface area contributed by atoms with Crippen molar-refractivity contribution in [1.29, 1.82) is 0 Å². The summed E-state index contributed by atoms with van der Waals surface area (Å²) >= 11 is 7.22. The summed E-state index contributed by atoms with van der Waals surface area (Å²) in [5, 5.41) is 0.495. The third kappa shape index (κ3) is 3.91. The predicted octanol–water partition coefficient (Wildman–Crippen LogP) is 2.30. The highest BCUT2D eigenvalue weighted by Gasteiger charge is 2.48. The van der Waals surface area contributed by atoms with Gasteiger partial charge in [0.1, 0.15) is 5.82 Å². The first-order valence-electron chi connectivity index (χ1n) is 7.60. The van der Waals surface area contributed by atoms with Gasteiger partial charge in [-0.1, -0.05) is 35.5 Å². The van der Waals surface area contributed by atoms with E-state index in [-0.39, 0.29) is 39.8 Å². The van der Waals surface area contributed by atoms with Crippen molar-refractivity contribution < 1.29 is 17.6 Å². The minimum atomic E-state index is -3.07. The van der Waals surface area contributed by atoms with Crippen LogP contribution in [0.15, 0.2) is 35.8 Å². The summed E-state index contributed by atoms with van der Waals surface area (Å²) in [6.07, 6.45) is 1.40. The molecule has 9 heteroatoms. The molecule has 0 aromatic heterocycles. The molecule has 2 aliphatic heterocycles. The molecular weight excluding hydrogens is 387 g/mol. The highest BCUT2D eigenvalue weighted by molar-refractivity contribution is 8.15. The topological polar surface area (TPSA) is 66.8 Å². The predicted molar refractivity (Wildman–Crippen MR) is 98.3 cm³/mol. The van der Waals surface area contributed by atoms with Crippen molar-refractivity contribution in [3.63, 3.8) is 0 Å². The molecule has 0 unspecified atom stereocenters. The Kier molecular flexibility index (Phi) is 5.22. The van der Waals surface area contributed by atoms with Gasteiger partial charge in [-0.15, -0.1) is 6.58 Å². The Bertz CT molecular complexity index is 837. The number of carbonyl (C=O) groups excluding carboxylic acids is 1.